The van der Waals surface area contributed by atoms with Crippen LogP contribution in [0.3, 0.4) is 0 Å². The fraction of sp³-hybridized carbons (Fsp3) is 0.579. The van der Waals surface area contributed by atoms with Crippen LogP contribution in [0.1, 0.15) is 45.1 Å². The van der Waals surface area contributed by atoms with Gasteiger partial charge < -0.3 is 4.74 Å². The lowest BCUT2D eigenvalue weighted by atomic mass is 9.85. The summed E-state index contributed by atoms with van der Waals surface area (Å²) in [5, 5.41) is 10.8. The molecule has 0 aliphatic carbocycles. The zero-order valence-electron chi connectivity index (χ0n) is 14.5. The lowest BCUT2D eigenvalue weighted by Crippen LogP contribution is -2.47. The van der Waals surface area contributed by atoms with Gasteiger partial charge in [0.2, 0.25) is 0 Å². The molecule has 5 heteroatoms. The van der Waals surface area contributed by atoms with E-state index in [0.717, 1.165) is 30.8 Å². The number of rotatable bonds is 4. The zero-order chi connectivity index (χ0) is 17.1. The number of allylic oxidation sites excluding steroid dienone is 1. The van der Waals surface area contributed by atoms with Crippen LogP contribution in [0.25, 0.3) is 5.76 Å². The van der Waals surface area contributed by atoms with Crippen molar-refractivity contribution in [1.82, 2.24) is 4.90 Å². The van der Waals surface area contributed by atoms with Crippen LogP contribution >= 0.6 is 0 Å². The highest BCUT2D eigenvalue weighted by molar-refractivity contribution is 5.62. The molecule has 5 nitrogen and oxygen atoms in total. The number of benzene rings is 1. The molecule has 0 saturated carbocycles. The molecule has 0 spiro atoms. The zero-order valence-corrected chi connectivity index (χ0v) is 14.5. The lowest BCUT2D eigenvalue weighted by Gasteiger charge is -2.43. The molecule has 24 heavy (non-hydrogen) atoms. The predicted octanol–water partition coefficient (Wildman–Crippen LogP) is 4.44. The molecule has 0 aromatic heterocycles. The number of hydrogen-bond donors (Lipinski definition) is 0. The Morgan fingerprint density at radius 3 is 2.46 bits per heavy atom. The van der Waals surface area contributed by atoms with Gasteiger partial charge in [0.1, 0.15) is 5.76 Å². The summed E-state index contributed by atoms with van der Waals surface area (Å²) in [6.07, 6.45) is 7.16. The monoisotopic (exact) mass is 330 g/mol. The second-order valence-electron chi connectivity index (χ2n) is 6.87. The van der Waals surface area contributed by atoms with Crippen molar-refractivity contribution < 1.29 is 9.66 Å². The first-order valence-corrected chi connectivity index (χ1v) is 8.97. The van der Waals surface area contributed by atoms with Crippen molar-refractivity contribution in [3.05, 3.63) is 46.0 Å². The van der Waals surface area contributed by atoms with Crippen LogP contribution in [-0.4, -0.2) is 29.1 Å². The molecular weight excluding hydrogens is 304 g/mol. The van der Waals surface area contributed by atoms with E-state index in [1.807, 2.05) is 0 Å². The Morgan fingerprint density at radius 2 is 1.88 bits per heavy atom. The molecule has 2 heterocycles. The van der Waals surface area contributed by atoms with Crippen molar-refractivity contribution in [2.75, 3.05) is 13.1 Å². The molecule has 0 radical (unpaired) electrons. The second-order valence-corrected chi connectivity index (χ2v) is 6.87. The Kier molecular flexibility index (Phi) is 5.19. The van der Waals surface area contributed by atoms with Crippen molar-refractivity contribution >= 4 is 11.4 Å². The number of ether oxygens (including phenoxy) is 1. The summed E-state index contributed by atoms with van der Waals surface area (Å²) in [6, 6.07) is 6.68. The van der Waals surface area contributed by atoms with E-state index in [0.29, 0.717) is 11.8 Å². The van der Waals surface area contributed by atoms with Gasteiger partial charge in [-0.05, 0) is 43.4 Å². The average Bonchev–Trinajstić information content (AvgIpc) is 2.62. The standard InChI is InChI=1S/C19H26N2O3/c1-3-15-13-18(16-7-9-17(10-8-16)21(22)23)24-19(14(15)2)20-11-5-4-6-12-20/h7-10,13-15,19H,3-6,11-12H2,1-2H3/t14-,15-,19-/m1/s1. The van der Waals surface area contributed by atoms with E-state index in [-0.39, 0.29) is 16.8 Å². The summed E-state index contributed by atoms with van der Waals surface area (Å²) in [6.45, 7) is 6.68. The van der Waals surface area contributed by atoms with Crippen LogP contribution in [0.15, 0.2) is 30.3 Å². The molecule has 130 valence electrons. The van der Waals surface area contributed by atoms with Gasteiger partial charge in [-0.15, -0.1) is 0 Å². The highest BCUT2D eigenvalue weighted by Gasteiger charge is 2.35. The minimum absolute atomic E-state index is 0.102. The summed E-state index contributed by atoms with van der Waals surface area (Å²) in [7, 11) is 0. The van der Waals surface area contributed by atoms with E-state index in [1.165, 1.54) is 19.3 Å². The van der Waals surface area contributed by atoms with Crippen LogP contribution in [0.5, 0.6) is 0 Å². The summed E-state index contributed by atoms with van der Waals surface area (Å²) in [5.41, 5.74) is 1.04. The third-order valence-electron chi connectivity index (χ3n) is 5.32. The molecule has 0 N–H and O–H groups in total. The quantitative estimate of drug-likeness (QED) is 0.605. The Hall–Kier alpha value is -1.88. The highest BCUT2D eigenvalue weighted by atomic mass is 16.6. The fourth-order valence-corrected chi connectivity index (χ4v) is 3.82. The minimum atomic E-state index is -0.368. The van der Waals surface area contributed by atoms with Crippen molar-refractivity contribution in [3.8, 4) is 0 Å². The number of piperidine rings is 1. The maximum atomic E-state index is 10.8. The van der Waals surface area contributed by atoms with Gasteiger partial charge in [0.25, 0.3) is 5.69 Å². The number of non-ortho nitro benzene ring substituents is 1. The van der Waals surface area contributed by atoms with Gasteiger partial charge in [-0.25, -0.2) is 0 Å². The van der Waals surface area contributed by atoms with E-state index in [1.54, 1.807) is 24.3 Å². The second kappa shape index (κ2) is 7.34. The SMILES string of the molecule is CC[C@@H]1C=C(c2ccc([N+](=O)[O-])cc2)O[C@@H](N2CCCCC2)[C@@H]1C. The number of nitro groups is 1. The van der Waals surface area contributed by atoms with Crippen LogP contribution < -0.4 is 0 Å². The maximum absolute atomic E-state index is 10.8. The van der Waals surface area contributed by atoms with Crippen LogP contribution in [0, 0.1) is 22.0 Å². The Morgan fingerprint density at radius 1 is 1.21 bits per heavy atom. The highest BCUT2D eigenvalue weighted by Crippen LogP contribution is 2.37. The maximum Gasteiger partial charge on any atom is 0.269 e. The van der Waals surface area contributed by atoms with E-state index in [2.05, 4.69) is 24.8 Å². The number of hydrogen-bond acceptors (Lipinski definition) is 4. The largest absolute Gasteiger partial charge is 0.475 e. The smallest absolute Gasteiger partial charge is 0.269 e. The molecule has 1 aromatic carbocycles. The first-order chi connectivity index (χ1) is 11.6. The normalized spacial score (nSPS) is 28.1. The van der Waals surface area contributed by atoms with Gasteiger partial charge in [0.15, 0.2) is 6.23 Å². The fourth-order valence-electron chi connectivity index (χ4n) is 3.82. The summed E-state index contributed by atoms with van der Waals surface area (Å²) < 4.78 is 6.37. The number of likely N-dealkylation sites (tertiary alicyclic amines) is 1. The molecular formula is C19H26N2O3. The van der Waals surface area contributed by atoms with Gasteiger partial charge in [0.05, 0.1) is 4.92 Å². The number of nitrogens with zero attached hydrogens (tertiary/aromatic N) is 2. The van der Waals surface area contributed by atoms with Crippen molar-refractivity contribution in [2.24, 2.45) is 11.8 Å². The van der Waals surface area contributed by atoms with Gasteiger partial charge in [0, 0.05) is 36.7 Å². The first-order valence-electron chi connectivity index (χ1n) is 8.97. The first kappa shape index (κ1) is 17.0. The minimum Gasteiger partial charge on any atom is -0.475 e. The topological polar surface area (TPSA) is 55.6 Å². The van der Waals surface area contributed by atoms with Crippen LogP contribution in [-0.2, 0) is 4.74 Å². The Balaban J connectivity index is 1.84. The summed E-state index contributed by atoms with van der Waals surface area (Å²) in [5.74, 6) is 1.79. The predicted molar refractivity (Wildman–Crippen MR) is 94.3 cm³/mol. The third-order valence-corrected chi connectivity index (χ3v) is 5.32. The average molecular weight is 330 g/mol. The molecule has 0 bridgehead atoms. The van der Waals surface area contributed by atoms with Gasteiger partial charge in [-0.2, -0.15) is 0 Å². The van der Waals surface area contributed by atoms with Gasteiger partial charge >= 0.3 is 0 Å². The van der Waals surface area contributed by atoms with Crippen LogP contribution in [0.2, 0.25) is 0 Å². The van der Waals surface area contributed by atoms with Crippen LogP contribution in [0.4, 0.5) is 5.69 Å². The number of nitro benzene ring substituents is 1. The van der Waals surface area contributed by atoms with E-state index < -0.39 is 0 Å². The molecule has 1 saturated heterocycles. The van der Waals surface area contributed by atoms with Gasteiger partial charge in [-0.3, -0.25) is 15.0 Å². The summed E-state index contributed by atoms with van der Waals surface area (Å²) >= 11 is 0. The van der Waals surface area contributed by atoms with E-state index in [9.17, 15) is 10.1 Å². The molecule has 1 aromatic rings. The van der Waals surface area contributed by atoms with E-state index >= 15 is 0 Å². The molecule has 2 aliphatic rings. The van der Waals surface area contributed by atoms with E-state index in [4.69, 9.17) is 4.74 Å². The lowest BCUT2D eigenvalue weighted by molar-refractivity contribution is -0.384. The van der Waals surface area contributed by atoms with Crippen molar-refractivity contribution in [1.29, 1.82) is 0 Å². The molecule has 3 atom stereocenters. The molecule has 0 unspecified atom stereocenters. The van der Waals surface area contributed by atoms with Crippen molar-refractivity contribution in [2.45, 2.75) is 45.8 Å². The Bertz CT molecular complexity index is 606. The summed E-state index contributed by atoms with van der Waals surface area (Å²) in [4.78, 5) is 12.9. The third kappa shape index (κ3) is 3.46. The molecule has 1 fully saturated rings. The molecule has 2 aliphatic heterocycles. The molecule has 0 amide bonds. The van der Waals surface area contributed by atoms with Gasteiger partial charge in [-0.1, -0.05) is 20.3 Å². The molecule has 3 rings (SSSR count). The van der Waals surface area contributed by atoms with Crippen molar-refractivity contribution in [3.63, 3.8) is 0 Å². The Labute approximate surface area is 143 Å².